The predicted molar refractivity (Wildman–Crippen MR) is 105 cm³/mol. The lowest BCUT2D eigenvalue weighted by Crippen LogP contribution is -2.22. The van der Waals surface area contributed by atoms with E-state index in [-0.39, 0.29) is 22.8 Å². The van der Waals surface area contributed by atoms with Gasteiger partial charge in [-0.1, -0.05) is 18.2 Å². The van der Waals surface area contributed by atoms with E-state index in [2.05, 4.69) is 4.98 Å². The molecule has 1 N–H and O–H groups in total. The second-order valence-corrected chi connectivity index (χ2v) is 8.56. The summed E-state index contributed by atoms with van der Waals surface area (Å²) in [5.41, 5.74) is 1.49. The van der Waals surface area contributed by atoms with Gasteiger partial charge in [0.25, 0.3) is 0 Å². The molecule has 0 radical (unpaired) electrons. The topological polar surface area (TPSA) is 101 Å². The Morgan fingerprint density at radius 1 is 1.14 bits per heavy atom. The number of hydrogen-bond donors (Lipinski definition) is 1. The molecule has 9 heteroatoms. The Hall–Kier alpha value is -2.91. The number of nitrogens with one attached hydrogen (secondary N) is 1. The van der Waals surface area contributed by atoms with Gasteiger partial charge in [-0.3, -0.25) is 4.57 Å². The molecule has 0 atom stereocenters. The number of carbonyl (C=O) groups excluding carboxylic acids is 1. The average molecular weight is 403 g/mol. The highest BCUT2D eigenvalue weighted by Crippen LogP contribution is 2.16. The summed E-state index contributed by atoms with van der Waals surface area (Å²) in [6.07, 6.45) is 0.448. The predicted octanol–water partition coefficient (Wildman–Crippen LogP) is 1.83. The van der Waals surface area contributed by atoms with Gasteiger partial charge < -0.3 is 9.72 Å². The third-order valence-corrected chi connectivity index (χ3v) is 6.10. The number of nitrogens with zero attached hydrogens (tertiary/aromatic N) is 2. The molecule has 3 rings (SSSR count). The van der Waals surface area contributed by atoms with Crippen molar-refractivity contribution in [1.82, 2.24) is 13.9 Å². The molecule has 0 bridgehead atoms. The fourth-order valence-corrected chi connectivity index (χ4v) is 3.74. The minimum absolute atomic E-state index is 0.0253. The number of para-hydroxylation sites is 2. The van der Waals surface area contributed by atoms with E-state index in [9.17, 15) is 18.0 Å². The summed E-state index contributed by atoms with van der Waals surface area (Å²) in [6.45, 7) is 0.501. The van der Waals surface area contributed by atoms with Gasteiger partial charge in [-0.15, -0.1) is 0 Å². The zero-order valence-electron chi connectivity index (χ0n) is 15.6. The van der Waals surface area contributed by atoms with E-state index in [0.29, 0.717) is 13.0 Å². The van der Waals surface area contributed by atoms with Crippen LogP contribution in [-0.4, -0.2) is 48.9 Å². The van der Waals surface area contributed by atoms with E-state index in [0.717, 1.165) is 15.3 Å². The summed E-state index contributed by atoms with van der Waals surface area (Å²) in [4.78, 5) is 27.0. The Morgan fingerprint density at radius 3 is 2.64 bits per heavy atom. The zero-order valence-corrected chi connectivity index (χ0v) is 16.4. The van der Waals surface area contributed by atoms with Crippen LogP contribution in [0.2, 0.25) is 0 Å². The van der Waals surface area contributed by atoms with E-state index in [1.165, 1.54) is 38.4 Å². The maximum atomic E-state index is 12.2. The number of hydrogen-bond acceptors (Lipinski definition) is 5. The van der Waals surface area contributed by atoms with Crippen molar-refractivity contribution in [2.75, 3.05) is 20.7 Å². The van der Waals surface area contributed by atoms with Crippen molar-refractivity contribution in [3.63, 3.8) is 0 Å². The van der Waals surface area contributed by atoms with Crippen LogP contribution in [0.15, 0.2) is 58.2 Å². The Kier molecular flexibility index (Phi) is 5.66. The van der Waals surface area contributed by atoms with Crippen molar-refractivity contribution in [2.24, 2.45) is 0 Å². The molecule has 0 aliphatic carbocycles. The number of H-pyrrole nitrogens is 1. The number of sulfonamides is 1. The fourth-order valence-electron chi connectivity index (χ4n) is 2.79. The van der Waals surface area contributed by atoms with Gasteiger partial charge in [0.2, 0.25) is 10.0 Å². The van der Waals surface area contributed by atoms with Crippen LogP contribution in [0.1, 0.15) is 16.8 Å². The first kappa shape index (κ1) is 19.8. The lowest BCUT2D eigenvalue weighted by atomic mass is 10.2. The van der Waals surface area contributed by atoms with Crippen LogP contribution in [0.4, 0.5) is 0 Å². The first-order chi connectivity index (χ1) is 13.3. The van der Waals surface area contributed by atoms with E-state index in [1.807, 2.05) is 24.3 Å². The van der Waals surface area contributed by atoms with E-state index < -0.39 is 16.0 Å². The quantitative estimate of drug-likeness (QED) is 0.479. The summed E-state index contributed by atoms with van der Waals surface area (Å²) in [5, 5.41) is 0. The molecular formula is C19H21N3O5S. The lowest BCUT2D eigenvalue weighted by molar-refractivity contribution is 0.0496. The van der Waals surface area contributed by atoms with Crippen molar-refractivity contribution in [3.8, 4) is 0 Å². The first-order valence-corrected chi connectivity index (χ1v) is 10.1. The van der Waals surface area contributed by atoms with Crippen molar-refractivity contribution < 1.29 is 17.9 Å². The Bertz CT molecular complexity index is 1160. The van der Waals surface area contributed by atoms with Crippen LogP contribution in [0.5, 0.6) is 0 Å². The smallest absolute Gasteiger partial charge is 0.338 e. The highest BCUT2D eigenvalue weighted by molar-refractivity contribution is 7.89. The number of aromatic amines is 1. The van der Waals surface area contributed by atoms with Crippen LogP contribution in [0, 0.1) is 0 Å². The molecule has 0 saturated carbocycles. The maximum absolute atomic E-state index is 12.2. The van der Waals surface area contributed by atoms with Gasteiger partial charge in [-0.2, -0.15) is 0 Å². The van der Waals surface area contributed by atoms with Gasteiger partial charge in [0.05, 0.1) is 28.1 Å². The molecule has 0 spiro atoms. The van der Waals surface area contributed by atoms with Crippen LogP contribution >= 0.6 is 0 Å². The molecule has 0 aliphatic rings. The van der Waals surface area contributed by atoms with Crippen molar-refractivity contribution in [2.45, 2.75) is 17.9 Å². The van der Waals surface area contributed by atoms with Gasteiger partial charge in [-0.05, 0) is 36.8 Å². The van der Waals surface area contributed by atoms with E-state index in [1.54, 1.807) is 4.57 Å². The minimum Gasteiger partial charge on any atom is -0.462 e. The molecule has 0 aliphatic heterocycles. The number of aromatic nitrogens is 2. The molecule has 0 amide bonds. The molecular weight excluding hydrogens is 382 g/mol. The number of aryl methyl sites for hydroxylation is 1. The number of rotatable bonds is 7. The molecule has 148 valence electrons. The number of benzene rings is 2. The van der Waals surface area contributed by atoms with Gasteiger partial charge in [0.1, 0.15) is 0 Å². The van der Waals surface area contributed by atoms with E-state index in [4.69, 9.17) is 4.74 Å². The number of esters is 1. The maximum Gasteiger partial charge on any atom is 0.338 e. The molecule has 0 fully saturated rings. The van der Waals surface area contributed by atoms with Gasteiger partial charge >= 0.3 is 11.7 Å². The second-order valence-electron chi connectivity index (χ2n) is 6.40. The first-order valence-electron chi connectivity index (χ1n) is 8.68. The van der Waals surface area contributed by atoms with Crippen molar-refractivity contribution >= 4 is 27.0 Å². The van der Waals surface area contributed by atoms with Crippen molar-refractivity contribution in [3.05, 3.63) is 64.6 Å². The molecule has 28 heavy (non-hydrogen) atoms. The standard InChI is InChI=1S/C19H21N3O5S/c1-21(2)28(25,26)15-8-5-7-14(13-15)18(23)27-12-6-11-22-17-10-4-3-9-16(17)20-19(22)24/h3-5,7-10,13H,6,11-12H2,1-2H3,(H,20,24). The third kappa shape index (κ3) is 4.00. The van der Waals surface area contributed by atoms with Gasteiger partial charge in [0.15, 0.2) is 0 Å². The van der Waals surface area contributed by atoms with Crippen LogP contribution in [0.3, 0.4) is 0 Å². The normalized spacial score (nSPS) is 11.8. The van der Waals surface area contributed by atoms with Crippen LogP contribution in [-0.2, 0) is 21.3 Å². The number of carbonyl (C=O) groups is 1. The molecule has 1 aromatic heterocycles. The van der Waals surface area contributed by atoms with Crippen molar-refractivity contribution in [1.29, 1.82) is 0 Å². The monoisotopic (exact) mass is 403 g/mol. The third-order valence-electron chi connectivity index (χ3n) is 4.29. The summed E-state index contributed by atoms with van der Waals surface area (Å²) in [5.74, 6) is -0.609. The number of fused-ring (bicyclic) bond motifs is 1. The molecule has 1 heterocycles. The molecule has 3 aromatic rings. The molecule has 0 saturated heterocycles. The number of ether oxygens (including phenoxy) is 1. The average Bonchev–Trinajstić information content (AvgIpc) is 3.00. The Labute approximate surface area is 162 Å². The second kappa shape index (κ2) is 7.99. The lowest BCUT2D eigenvalue weighted by Gasteiger charge is -2.12. The number of imidazole rings is 1. The molecule has 8 nitrogen and oxygen atoms in total. The Balaban J connectivity index is 1.62. The summed E-state index contributed by atoms with van der Waals surface area (Å²) in [7, 11) is -0.782. The molecule has 2 aromatic carbocycles. The summed E-state index contributed by atoms with van der Waals surface area (Å²) < 4.78 is 32.3. The highest BCUT2D eigenvalue weighted by Gasteiger charge is 2.19. The SMILES string of the molecule is CN(C)S(=O)(=O)c1cccc(C(=O)OCCCn2c(=O)[nH]c3ccccc32)c1. The zero-order chi connectivity index (χ0) is 20.3. The van der Waals surface area contributed by atoms with Gasteiger partial charge in [0, 0.05) is 20.6 Å². The van der Waals surface area contributed by atoms with Crippen LogP contribution in [0.25, 0.3) is 11.0 Å². The van der Waals surface area contributed by atoms with Crippen LogP contribution < -0.4 is 5.69 Å². The largest absolute Gasteiger partial charge is 0.462 e. The minimum atomic E-state index is -3.63. The summed E-state index contributed by atoms with van der Waals surface area (Å²) in [6, 6.07) is 13.1. The summed E-state index contributed by atoms with van der Waals surface area (Å²) >= 11 is 0. The van der Waals surface area contributed by atoms with E-state index >= 15 is 0 Å². The Morgan fingerprint density at radius 2 is 1.89 bits per heavy atom. The fraction of sp³-hybridized carbons (Fsp3) is 0.263. The highest BCUT2D eigenvalue weighted by atomic mass is 32.2. The molecule has 0 unspecified atom stereocenters. The van der Waals surface area contributed by atoms with Gasteiger partial charge in [-0.25, -0.2) is 22.3 Å².